The lowest BCUT2D eigenvalue weighted by Gasteiger charge is -1.91. The maximum absolute atomic E-state index is 8.87. The van der Waals surface area contributed by atoms with Crippen molar-refractivity contribution in [1.29, 1.82) is 5.26 Å². The molecule has 0 aliphatic heterocycles. The van der Waals surface area contributed by atoms with Crippen molar-refractivity contribution >= 4 is 6.08 Å². The Morgan fingerprint density at radius 2 is 2.26 bits per heavy atom. The zero-order valence-electron chi connectivity index (χ0n) is 9.89. The molecule has 0 amide bonds. The third-order valence-corrected chi connectivity index (χ3v) is 2.36. The largest absolute Gasteiger partial charge is 0.356 e. The Balaban J connectivity index is 2.24. The van der Waals surface area contributed by atoms with Crippen LogP contribution in [-0.2, 0) is 0 Å². The lowest BCUT2D eigenvalue weighted by atomic mass is 10.1. The molecule has 2 aromatic rings. The minimum Gasteiger partial charge on any atom is -0.356 e. The molecule has 1 aromatic carbocycles. The fourth-order valence-corrected chi connectivity index (χ4v) is 1.50. The average molecular weight is 251 g/mol. The second-order valence-corrected chi connectivity index (χ2v) is 3.65. The first-order chi connectivity index (χ1) is 9.33. The molecule has 0 aliphatic carbocycles. The van der Waals surface area contributed by atoms with Gasteiger partial charge in [-0.05, 0) is 11.6 Å². The van der Waals surface area contributed by atoms with Crippen LogP contribution in [0.4, 0.5) is 0 Å². The van der Waals surface area contributed by atoms with Crippen LogP contribution in [0.15, 0.2) is 51.6 Å². The van der Waals surface area contributed by atoms with Gasteiger partial charge in [-0.2, -0.15) is 5.26 Å². The maximum Gasteiger partial charge on any atom is 0.161 e. The Morgan fingerprint density at radius 1 is 1.47 bits per heavy atom. The quantitative estimate of drug-likeness (QED) is 0.359. The van der Waals surface area contributed by atoms with Gasteiger partial charge in [-0.3, -0.25) is 0 Å². The van der Waals surface area contributed by atoms with Gasteiger partial charge in [-0.1, -0.05) is 40.6 Å². The molecule has 0 spiro atoms. The molecular weight excluding hydrogens is 242 g/mol. The number of aromatic nitrogens is 1. The molecule has 6 nitrogen and oxygen atoms in total. The standard InChI is InChI=1S/C13H9N5O/c14-8-10(9-16-18-15)6-12-7-13(17-19-12)11-4-2-1-3-5-11/h1-7H,9H2/b10-6-. The summed E-state index contributed by atoms with van der Waals surface area (Å²) in [6.07, 6.45) is 1.51. The zero-order valence-corrected chi connectivity index (χ0v) is 9.89. The summed E-state index contributed by atoms with van der Waals surface area (Å²) in [7, 11) is 0. The summed E-state index contributed by atoms with van der Waals surface area (Å²) in [6, 6.07) is 13.2. The van der Waals surface area contributed by atoms with E-state index in [1.54, 1.807) is 6.07 Å². The van der Waals surface area contributed by atoms with Crippen LogP contribution in [0.3, 0.4) is 0 Å². The van der Waals surface area contributed by atoms with Crippen molar-refractivity contribution in [3.63, 3.8) is 0 Å². The van der Waals surface area contributed by atoms with Crippen LogP contribution in [-0.4, -0.2) is 11.7 Å². The van der Waals surface area contributed by atoms with E-state index in [4.69, 9.17) is 15.3 Å². The zero-order chi connectivity index (χ0) is 13.5. The number of rotatable bonds is 4. The summed E-state index contributed by atoms with van der Waals surface area (Å²) in [6.45, 7) is -0.00559. The second-order valence-electron chi connectivity index (χ2n) is 3.65. The number of hydrogen-bond acceptors (Lipinski definition) is 4. The Labute approximate surface area is 109 Å². The molecule has 0 saturated heterocycles. The first-order valence-electron chi connectivity index (χ1n) is 5.47. The fraction of sp³-hybridized carbons (Fsp3) is 0.0769. The number of hydrogen-bond donors (Lipinski definition) is 0. The van der Waals surface area contributed by atoms with Crippen LogP contribution in [0, 0.1) is 11.3 Å². The molecule has 1 heterocycles. The molecule has 92 valence electrons. The number of nitrogens with zero attached hydrogens (tertiary/aromatic N) is 5. The van der Waals surface area contributed by atoms with Crippen molar-refractivity contribution in [2.75, 3.05) is 6.54 Å². The number of azide groups is 1. The number of nitriles is 1. The van der Waals surface area contributed by atoms with Crippen molar-refractivity contribution in [2.24, 2.45) is 5.11 Å². The first kappa shape index (κ1) is 12.4. The Morgan fingerprint density at radius 3 is 2.95 bits per heavy atom. The van der Waals surface area contributed by atoms with Gasteiger partial charge in [0.1, 0.15) is 5.69 Å². The van der Waals surface area contributed by atoms with E-state index in [0.29, 0.717) is 17.0 Å². The lowest BCUT2D eigenvalue weighted by Crippen LogP contribution is -1.82. The summed E-state index contributed by atoms with van der Waals surface area (Å²) in [4.78, 5) is 2.60. The van der Waals surface area contributed by atoms with Gasteiger partial charge in [0.15, 0.2) is 5.76 Å². The molecular formula is C13H9N5O. The van der Waals surface area contributed by atoms with Gasteiger partial charge in [-0.15, -0.1) is 0 Å². The van der Waals surface area contributed by atoms with Crippen LogP contribution in [0.2, 0.25) is 0 Å². The van der Waals surface area contributed by atoms with Crippen LogP contribution in [0.25, 0.3) is 27.8 Å². The molecule has 0 N–H and O–H groups in total. The normalized spacial score (nSPS) is 10.6. The SMILES string of the molecule is N#C/C(=C/c1cc(-c2ccccc2)no1)CN=[N+]=[N-]. The van der Waals surface area contributed by atoms with Crippen LogP contribution >= 0.6 is 0 Å². The lowest BCUT2D eigenvalue weighted by molar-refractivity contribution is 0.415. The highest BCUT2D eigenvalue weighted by Gasteiger charge is 2.05. The van der Waals surface area contributed by atoms with E-state index in [1.807, 2.05) is 36.4 Å². The van der Waals surface area contributed by atoms with Crippen LogP contribution in [0.1, 0.15) is 5.76 Å². The first-order valence-corrected chi connectivity index (χ1v) is 5.47. The van der Waals surface area contributed by atoms with E-state index in [9.17, 15) is 0 Å². The topological polar surface area (TPSA) is 98.6 Å². The van der Waals surface area contributed by atoms with Gasteiger partial charge in [0.2, 0.25) is 0 Å². The van der Waals surface area contributed by atoms with Crippen molar-refractivity contribution < 1.29 is 4.52 Å². The molecule has 0 bridgehead atoms. The van der Waals surface area contributed by atoms with Gasteiger partial charge in [0.05, 0.1) is 12.6 Å². The van der Waals surface area contributed by atoms with Crippen molar-refractivity contribution in [3.05, 3.63) is 58.2 Å². The fourth-order valence-electron chi connectivity index (χ4n) is 1.50. The summed E-state index contributed by atoms with van der Waals surface area (Å²) in [5.74, 6) is 0.448. The highest BCUT2D eigenvalue weighted by Crippen LogP contribution is 2.19. The van der Waals surface area contributed by atoms with Gasteiger partial charge >= 0.3 is 0 Å². The molecule has 0 fully saturated rings. The summed E-state index contributed by atoms with van der Waals surface area (Å²) >= 11 is 0. The van der Waals surface area contributed by atoms with E-state index in [0.717, 1.165) is 5.56 Å². The molecule has 2 rings (SSSR count). The van der Waals surface area contributed by atoms with Crippen LogP contribution in [0.5, 0.6) is 0 Å². The molecule has 0 atom stereocenters. The Hall–Kier alpha value is -3.03. The minimum absolute atomic E-state index is 0.00559. The number of benzene rings is 1. The maximum atomic E-state index is 8.87. The van der Waals surface area contributed by atoms with E-state index >= 15 is 0 Å². The third kappa shape index (κ3) is 3.22. The van der Waals surface area contributed by atoms with Crippen LogP contribution < -0.4 is 0 Å². The average Bonchev–Trinajstić information content (AvgIpc) is 2.93. The molecule has 0 radical (unpaired) electrons. The summed E-state index contributed by atoms with van der Waals surface area (Å²) in [5.41, 5.74) is 10.1. The monoisotopic (exact) mass is 251 g/mol. The van der Waals surface area contributed by atoms with Crippen molar-refractivity contribution in [2.45, 2.75) is 0 Å². The molecule has 0 unspecified atom stereocenters. The van der Waals surface area contributed by atoms with Crippen molar-refractivity contribution in [1.82, 2.24) is 5.16 Å². The van der Waals surface area contributed by atoms with Gasteiger partial charge < -0.3 is 4.52 Å². The molecule has 0 aliphatic rings. The smallest absolute Gasteiger partial charge is 0.161 e. The predicted octanol–water partition coefficient (Wildman–Crippen LogP) is 3.56. The third-order valence-electron chi connectivity index (χ3n) is 2.36. The Bertz CT molecular complexity index is 675. The summed E-state index contributed by atoms with van der Waals surface area (Å²) in [5, 5.41) is 16.1. The van der Waals surface area contributed by atoms with E-state index in [1.165, 1.54) is 6.08 Å². The molecule has 6 heteroatoms. The highest BCUT2D eigenvalue weighted by atomic mass is 16.5. The van der Waals surface area contributed by atoms with Gasteiger partial charge in [-0.25, -0.2) is 0 Å². The predicted molar refractivity (Wildman–Crippen MR) is 69.5 cm³/mol. The summed E-state index contributed by atoms with van der Waals surface area (Å²) < 4.78 is 5.12. The van der Waals surface area contributed by atoms with Crippen molar-refractivity contribution in [3.8, 4) is 17.3 Å². The molecule has 1 aromatic heterocycles. The minimum atomic E-state index is -0.00559. The van der Waals surface area contributed by atoms with E-state index in [-0.39, 0.29) is 6.54 Å². The van der Waals surface area contributed by atoms with Gasteiger partial charge in [0, 0.05) is 22.1 Å². The molecule has 19 heavy (non-hydrogen) atoms. The highest BCUT2D eigenvalue weighted by molar-refractivity contribution is 5.63. The Kier molecular flexibility index (Phi) is 3.96. The van der Waals surface area contributed by atoms with E-state index < -0.39 is 0 Å². The van der Waals surface area contributed by atoms with E-state index in [2.05, 4.69) is 15.2 Å². The molecule has 0 saturated carbocycles. The second kappa shape index (κ2) is 6.05. The van der Waals surface area contributed by atoms with Gasteiger partial charge in [0.25, 0.3) is 0 Å².